The van der Waals surface area contributed by atoms with Gasteiger partial charge in [0.25, 0.3) is 0 Å². The molecule has 1 aromatic rings. The van der Waals surface area contributed by atoms with Crippen molar-refractivity contribution in [3.63, 3.8) is 0 Å². The lowest BCUT2D eigenvalue weighted by atomic mass is 10.1. The average molecular weight is 312 g/mol. The molecule has 0 unspecified atom stereocenters. The van der Waals surface area contributed by atoms with Crippen LogP contribution >= 0.6 is 0 Å². The summed E-state index contributed by atoms with van der Waals surface area (Å²) in [6.07, 6.45) is 0. The minimum absolute atomic E-state index is 0.195. The Labute approximate surface area is 125 Å². The molecule has 6 nitrogen and oxygen atoms in total. The van der Waals surface area contributed by atoms with Gasteiger partial charge in [-0.1, -0.05) is 0 Å². The Kier molecular flexibility index (Phi) is 4.36. The van der Waals surface area contributed by atoms with Crippen LogP contribution in [0.4, 0.5) is 5.69 Å². The van der Waals surface area contributed by atoms with Crippen molar-refractivity contribution in [1.82, 2.24) is 4.31 Å². The highest BCUT2D eigenvalue weighted by Crippen LogP contribution is 2.27. The Morgan fingerprint density at radius 2 is 1.90 bits per heavy atom. The largest absolute Gasteiger partial charge is 0.378 e. The second-order valence-electron chi connectivity index (χ2n) is 5.65. The van der Waals surface area contributed by atoms with Gasteiger partial charge in [0.1, 0.15) is 0 Å². The first-order valence-corrected chi connectivity index (χ1v) is 8.16. The number of amides is 1. The molecule has 2 rings (SSSR count). The minimum atomic E-state index is -3.57. The van der Waals surface area contributed by atoms with Crippen molar-refractivity contribution in [1.29, 1.82) is 0 Å². The van der Waals surface area contributed by atoms with Crippen molar-refractivity contribution in [2.75, 3.05) is 25.1 Å². The Bertz CT molecular complexity index is 623. The molecule has 0 radical (unpaired) electrons. The second kappa shape index (κ2) is 5.75. The zero-order chi connectivity index (χ0) is 15.7. The highest BCUT2D eigenvalue weighted by Gasteiger charge is 2.39. The molecular weight excluding hydrogens is 292 g/mol. The van der Waals surface area contributed by atoms with E-state index in [-0.39, 0.29) is 10.8 Å². The van der Waals surface area contributed by atoms with Crippen LogP contribution in [0.1, 0.15) is 20.8 Å². The van der Waals surface area contributed by atoms with Crippen molar-refractivity contribution in [3.8, 4) is 0 Å². The van der Waals surface area contributed by atoms with Crippen LogP contribution in [0, 0.1) is 0 Å². The summed E-state index contributed by atoms with van der Waals surface area (Å²) in [5.41, 5.74) is -0.00407. The Hall–Kier alpha value is -1.44. The molecule has 1 fully saturated rings. The molecule has 1 saturated heterocycles. The fourth-order valence-corrected chi connectivity index (χ4v) is 4.08. The smallest absolute Gasteiger partial charge is 0.243 e. The number of benzene rings is 1. The second-order valence-corrected chi connectivity index (χ2v) is 7.51. The monoisotopic (exact) mass is 312 g/mol. The Morgan fingerprint density at radius 3 is 2.43 bits per heavy atom. The van der Waals surface area contributed by atoms with Crippen molar-refractivity contribution in [2.45, 2.75) is 31.2 Å². The van der Waals surface area contributed by atoms with Gasteiger partial charge in [-0.05, 0) is 38.1 Å². The third-order valence-corrected chi connectivity index (χ3v) is 5.46. The van der Waals surface area contributed by atoms with E-state index in [2.05, 4.69) is 5.32 Å². The van der Waals surface area contributed by atoms with Crippen LogP contribution in [0.5, 0.6) is 0 Å². The first-order valence-electron chi connectivity index (χ1n) is 6.72. The van der Waals surface area contributed by atoms with E-state index in [1.807, 2.05) is 13.8 Å². The van der Waals surface area contributed by atoms with E-state index in [4.69, 9.17) is 4.74 Å². The van der Waals surface area contributed by atoms with Gasteiger partial charge in [0.2, 0.25) is 15.9 Å². The van der Waals surface area contributed by atoms with Crippen LogP contribution in [0.3, 0.4) is 0 Å². The van der Waals surface area contributed by atoms with Crippen molar-refractivity contribution in [2.24, 2.45) is 0 Å². The summed E-state index contributed by atoms with van der Waals surface area (Å²) in [5.74, 6) is -0.195. The minimum Gasteiger partial charge on any atom is -0.378 e. The van der Waals surface area contributed by atoms with Gasteiger partial charge in [-0.2, -0.15) is 4.31 Å². The van der Waals surface area contributed by atoms with Crippen LogP contribution in [0.25, 0.3) is 0 Å². The molecule has 0 atom stereocenters. The number of morpholine rings is 1. The fourth-order valence-electron chi connectivity index (χ4n) is 2.33. The maximum absolute atomic E-state index is 12.7. The summed E-state index contributed by atoms with van der Waals surface area (Å²) in [6, 6.07) is 6.18. The van der Waals surface area contributed by atoms with Gasteiger partial charge in [-0.25, -0.2) is 8.42 Å². The molecule has 1 amide bonds. The molecular formula is C14H20N2O4S. The number of hydrogen-bond donors (Lipinski definition) is 1. The highest BCUT2D eigenvalue weighted by molar-refractivity contribution is 7.89. The summed E-state index contributed by atoms with van der Waals surface area (Å²) in [4.78, 5) is 11.2. The van der Waals surface area contributed by atoms with Crippen molar-refractivity contribution in [3.05, 3.63) is 24.3 Å². The SMILES string of the molecule is CC(=O)Nc1ccc(S(=O)(=O)N2CCOCC2(C)C)cc1. The number of ether oxygens (including phenoxy) is 1. The molecule has 1 aliphatic rings. The Morgan fingerprint density at radius 1 is 1.29 bits per heavy atom. The van der Waals surface area contributed by atoms with E-state index in [1.54, 1.807) is 12.1 Å². The van der Waals surface area contributed by atoms with Gasteiger partial charge >= 0.3 is 0 Å². The lowest BCUT2D eigenvalue weighted by Crippen LogP contribution is -2.55. The number of nitrogens with zero attached hydrogens (tertiary/aromatic N) is 1. The van der Waals surface area contributed by atoms with Gasteiger partial charge in [0.05, 0.1) is 23.6 Å². The number of carbonyl (C=O) groups excluding carboxylic acids is 1. The number of nitrogens with one attached hydrogen (secondary N) is 1. The molecule has 1 aliphatic heterocycles. The van der Waals surface area contributed by atoms with Crippen molar-refractivity contribution >= 4 is 21.6 Å². The first kappa shape index (κ1) is 15.9. The average Bonchev–Trinajstić information content (AvgIpc) is 2.37. The van der Waals surface area contributed by atoms with Gasteiger partial charge in [-0.3, -0.25) is 4.79 Å². The van der Waals surface area contributed by atoms with E-state index in [0.29, 0.717) is 25.4 Å². The molecule has 7 heteroatoms. The molecule has 0 aromatic heterocycles. The van der Waals surface area contributed by atoms with E-state index < -0.39 is 15.6 Å². The molecule has 0 spiro atoms. The maximum Gasteiger partial charge on any atom is 0.243 e. The zero-order valence-electron chi connectivity index (χ0n) is 12.4. The predicted molar refractivity (Wildman–Crippen MR) is 79.5 cm³/mol. The van der Waals surface area contributed by atoms with Crippen LogP contribution < -0.4 is 5.32 Å². The van der Waals surface area contributed by atoms with Crippen LogP contribution in [-0.2, 0) is 19.6 Å². The number of carbonyl (C=O) groups is 1. The van der Waals surface area contributed by atoms with E-state index in [0.717, 1.165) is 0 Å². The third-order valence-electron chi connectivity index (χ3n) is 3.33. The van der Waals surface area contributed by atoms with Gasteiger partial charge in [-0.15, -0.1) is 0 Å². The maximum atomic E-state index is 12.7. The van der Waals surface area contributed by atoms with Gasteiger partial charge in [0, 0.05) is 19.2 Å². The number of rotatable bonds is 3. The van der Waals surface area contributed by atoms with Crippen LogP contribution in [-0.4, -0.2) is 43.9 Å². The van der Waals surface area contributed by atoms with Gasteiger partial charge in [0.15, 0.2) is 0 Å². The molecule has 1 aromatic carbocycles. The first-order chi connectivity index (χ1) is 9.73. The summed E-state index contributed by atoms with van der Waals surface area (Å²) in [6.45, 7) is 6.19. The molecule has 1 heterocycles. The molecule has 1 N–H and O–H groups in total. The molecule has 0 aliphatic carbocycles. The van der Waals surface area contributed by atoms with E-state index in [1.165, 1.54) is 23.4 Å². The summed E-state index contributed by atoms with van der Waals surface area (Å²) in [7, 11) is -3.57. The van der Waals surface area contributed by atoms with E-state index in [9.17, 15) is 13.2 Å². The number of sulfonamides is 1. The van der Waals surface area contributed by atoms with Crippen LogP contribution in [0.15, 0.2) is 29.2 Å². The lowest BCUT2D eigenvalue weighted by Gasteiger charge is -2.40. The summed E-state index contributed by atoms with van der Waals surface area (Å²) < 4.78 is 32.3. The van der Waals surface area contributed by atoms with Crippen LogP contribution in [0.2, 0.25) is 0 Å². The lowest BCUT2D eigenvalue weighted by molar-refractivity contribution is -0.114. The molecule has 0 saturated carbocycles. The summed E-state index contributed by atoms with van der Waals surface area (Å²) in [5, 5.41) is 2.61. The molecule has 116 valence electrons. The van der Waals surface area contributed by atoms with Gasteiger partial charge < -0.3 is 10.1 Å². The quantitative estimate of drug-likeness (QED) is 0.916. The molecule has 0 bridgehead atoms. The zero-order valence-corrected chi connectivity index (χ0v) is 13.2. The van der Waals surface area contributed by atoms with Crippen molar-refractivity contribution < 1.29 is 17.9 Å². The number of hydrogen-bond acceptors (Lipinski definition) is 4. The standard InChI is InChI=1S/C14H20N2O4S/c1-11(17)15-12-4-6-13(7-5-12)21(18,19)16-8-9-20-10-14(16,2)3/h4-7H,8-10H2,1-3H3,(H,15,17). The Balaban J connectivity index is 2.29. The highest BCUT2D eigenvalue weighted by atomic mass is 32.2. The predicted octanol–water partition coefficient (Wildman–Crippen LogP) is 1.44. The number of anilines is 1. The summed E-state index contributed by atoms with van der Waals surface area (Å²) >= 11 is 0. The fraction of sp³-hybridized carbons (Fsp3) is 0.500. The van der Waals surface area contributed by atoms with E-state index >= 15 is 0 Å². The molecule has 21 heavy (non-hydrogen) atoms. The normalized spacial score (nSPS) is 19.2. The topological polar surface area (TPSA) is 75.7 Å². The third kappa shape index (κ3) is 3.42.